The van der Waals surface area contributed by atoms with Crippen molar-refractivity contribution in [2.75, 3.05) is 6.26 Å². The maximum atomic E-state index is 11.1. The Morgan fingerprint density at radius 1 is 1.05 bits per heavy atom. The molecule has 21 heavy (non-hydrogen) atoms. The van der Waals surface area contributed by atoms with Crippen molar-refractivity contribution in [3.05, 3.63) is 60.2 Å². The topological polar surface area (TPSA) is 76.4 Å². The zero-order chi connectivity index (χ0) is 15.3. The zero-order valence-electron chi connectivity index (χ0n) is 11.3. The van der Waals surface area contributed by atoms with Gasteiger partial charge >= 0.3 is 0 Å². The lowest BCUT2D eigenvalue weighted by molar-refractivity contribution is 0.270. The summed E-state index contributed by atoms with van der Waals surface area (Å²) < 4.78 is 32.7. The SMILES string of the molecule is CS(=O)(=O)OC(C#N)c1cccc(Oc2ccccc2)c1. The quantitative estimate of drug-likeness (QED) is 0.793. The van der Waals surface area contributed by atoms with Gasteiger partial charge in [-0.1, -0.05) is 30.3 Å². The molecule has 0 saturated carbocycles. The first-order valence-corrected chi connectivity index (χ1v) is 7.90. The summed E-state index contributed by atoms with van der Waals surface area (Å²) in [5.41, 5.74) is 0.413. The summed E-state index contributed by atoms with van der Waals surface area (Å²) in [6.07, 6.45) is -0.291. The molecule has 0 saturated heterocycles. The molecule has 0 spiro atoms. The van der Waals surface area contributed by atoms with Crippen molar-refractivity contribution in [3.63, 3.8) is 0 Å². The molecular weight excluding hydrogens is 290 g/mol. The summed E-state index contributed by atoms with van der Waals surface area (Å²) in [4.78, 5) is 0. The van der Waals surface area contributed by atoms with Gasteiger partial charge in [-0.05, 0) is 24.3 Å². The zero-order valence-corrected chi connectivity index (χ0v) is 12.1. The highest BCUT2D eigenvalue weighted by Crippen LogP contribution is 2.26. The maximum Gasteiger partial charge on any atom is 0.265 e. The standard InChI is InChI=1S/C15H13NO4S/c1-21(17,18)20-15(11-16)12-6-5-9-14(10-12)19-13-7-3-2-4-8-13/h2-10,15H,1H3. The molecule has 2 aromatic rings. The van der Waals surface area contributed by atoms with Crippen molar-refractivity contribution in [3.8, 4) is 17.6 Å². The van der Waals surface area contributed by atoms with E-state index in [4.69, 9.17) is 14.2 Å². The number of rotatable bonds is 5. The van der Waals surface area contributed by atoms with Crippen LogP contribution >= 0.6 is 0 Å². The molecule has 0 fully saturated rings. The lowest BCUT2D eigenvalue weighted by atomic mass is 10.1. The molecule has 0 amide bonds. The number of nitrogens with zero attached hydrogens (tertiary/aromatic N) is 1. The third-order valence-electron chi connectivity index (χ3n) is 2.53. The van der Waals surface area contributed by atoms with Gasteiger partial charge in [0.15, 0.2) is 6.10 Å². The highest BCUT2D eigenvalue weighted by Gasteiger charge is 2.17. The molecular formula is C15H13NO4S. The van der Waals surface area contributed by atoms with Crippen LogP contribution in [0.2, 0.25) is 0 Å². The van der Waals surface area contributed by atoms with Gasteiger partial charge in [-0.25, -0.2) is 4.18 Å². The van der Waals surface area contributed by atoms with Crippen molar-refractivity contribution in [1.82, 2.24) is 0 Å². The van der Waals surface area contributed by atoms with Crippen LogP contribution in [0.15, 0.2) is 54.6 Å². The number of hydrogen-bond acceptors (Lipinski definition) is 5. The normalized spacial score (nSPS) is 12.4. The van der Waals surface area contributed by atoms with Crippen LogP contribution in [0.5, 0.6) is 11.5 Å². The van der Waals surface area contributed by atoms with Gasteiger partial charge in [0.25, 0.3) is 10.1 Å². The van der Waals surface area contributed by atoms with E-state index in [1.54, 1.807) is 36.4 Å². The first-order valence-electron chi connectivity index (χ1n) is 6.09. The van der Waals surface area contributed by atoms with Crippen LogP contribution in [0.25, 0.3) is 0 Å². The lowest BCUT2D eigenvalue weighted by Gasteiger charge is -2.11. The minimum Gasteiger partial charge on any atom is -0.457 e. The maximum absolute atomic E-state index is 11.1. The first-order chi connectivity index (χ1) is 9.98. The van der Waals surface area contributed by atoms with Crippen LogP contribution in [-0.4, -0.2) is 14.7 Å². The largest absolute Gasteiger partial charge is 0.457 e. The molecule has 1 atom stereocenters. The highest BCUT2D eigenvalue weighted by atomic mass is 32.2. The number of nitriles is 1. The predicted molar refractivity (Wildman–Crippen MR) is 77.2 cm³/mol. The fourth-order valence-electron chi connectivity index (χ4n) is 1.69. The molecule has 0 heterocycles. The van der Waals surface area contributed by atoms with Gasteiger partial charge in [-0.15, -0.1) is 0 Å². The van der Waals surface area contributed by atoms with E-state index < -0.39 is 16.2 Å². The summed E-state index contributed by atoms with van der Waals surface area (Å²) >= 11 is 0. The number of hydrogen-bond donors (Lipinski definition) is 0. The third kappa shape index (κ3) is 4.60. The Kier molecular flexibility index (Phi) is 4.58. The van der Waals surface area contributed by atoms with E-state index >= 15 is 0 Å². The van der Waals surface area contributed by atoms with E-state index in [1.165, 1.54) is 0 Å². The monoisotopic (exact) mass is 303 g/mol. The molecule has 2 aromatic carbocycles. The van der Waals surface area contributed by atoms with Crippen molar-refractivity contribution >= 4 is 10.1 Å². The van der Waals surface area contributed by atoms with Crippen LogP contribution in [0.4, 0.5) is 0 Å². The molecule has 2 rings (SSSR count). The molecule has 0 N–H and O–H groups in total. The summed E-state index contributed by atoms with van der Waals surface area (Å²) in [6.45, 7) is 0. The van der Waals surface area contributed by atoms with E-state index in [2.05, 4.69) is 0 Å². The predicted octanol–water partition coefficient (Wildman–Crippen LogP) is 3.02. The van der Waals surface area contributed by atoms with Gasteiger partial charge in [0.05, 0.1) is 6.26 Å². The summed E-state index contributed by atoms with van der Waals surface area (Å²) in [6, 6.07) is 17.5. The smallest absolute Gasteiger partial charge is 0.265 e. The van der Waals surface area contributed by atoms with E-state index in [1.807, 2.05) is 24.3 Å². The fourth-order valence-corrected chi connectivity index (χ4v) is 2.20. The molecule has 0 aliphatic rings. The summed E-state index contributed by atoms with van der Waals surface area (Å²) in [5, 5.41) is 9.04. The highest BCUT2D eigenvalue weighted by molar-refractivity contribution is 7.86. The third-order valence-corrected chi connectivity index (χ3v) is 3.07. The molecule has 1 unspecified atom stereocenters. The van der Waals surface area contributed by atoms with Gasteiger partial charge in [0.2, 0.25) is 0 Å². The summed E-state index contributed by atoms with van der Waals surface area (Å²) in [5.74, 6) is 1.14. The van der Waals surface area contributed by atoms with Crippen LogP contribution in [0, 0.1) is 11.3 Å². The van der Waals surface area contributed by atoms with Crippen LogP contribution < -0.4 is 4.74 Å². The molecule has 108 valence electrons. The van der Waals surface area contributed by atoms with Crippen molar-refractivity contribution < 1.29 is 17.3 Å². The number of para-hydroxylation sites is 1. The van der Waals surface area contributed by atoms with Crippen molar-refractivity contribution in [2.24, 2.45) is 0 Å². The Bertz CT molecular complexity index is 751. The van der Waals surface area contributed by atoms with Gasteiger partial charge in [-0.2, -0.15) is 13.7 Å². The van der Waals surface area contributed by atoms with Gasteiger partial charge in [0.1, 0.15) is 17.6 Å². The van der Waals surface area contributed by atoms with Gasteiger partial charge in [0, 0.05) is 5.56 Å². The Hall–Kier alpha value is -2.36. The molecule has 0 aromatic heterocycles. The van der Waals surface area contributed by atoms with Crippen molar-refractivity contribution in [2.45, 2.75) is 6.10 Å². The Morgan fingerprint density at radius 3 is 2.33 bits per heavy atom. The van der Waals surface area contributed by atoms with E-state index in [-0.39, 0.29) is 0 Å². The second-order valence-electron chi connectivity index (χ2n) is 4.30. The van der Waals surface area contributed by atoms with Crippen LogP contribution in [0.3, 0.4) is 0 Å². The Morgan fingerprint density at radius 2 is 1.71 bits per heavy atom. The lowest BCUT2D eigenvalue weighted by Crippen LogP contribution is -2.08. The van der Waals surface area contributed by atoms with Crippen molar-refractivity contribution in [1.29, 1.82) is 5.26 Å². The molecule has 6 heteroatoms. The second-order valence-corrected chi connectivity index (χ2v) is 5.90. The van der Waals surface area contributed by atoms with E-state index in [0.29, 0.717) is 17.1 Å². The first kappa shape index (κ1) is 15.0. The Labute approximate surface area is 123 Å². The van der Waals surface area contributed by atoms with Crippen LogP contribution in [0.1, 0.15) is 11.7 Å². The van der Waals surface area contributed by atoms with Gasteiger partial charge in [-0.3, -0.25) is 0 Å². The van der Waals surface area contributed by atoms with E-state index in [9.17, 15) is 8.42 Å². The minimum atomic E-state index is -3.72. The summed E-state index contributed by atoms with van der Waals surface area (Å²) in [7, 11) is -3.72. The van der Waals surface area contributed by atoms with Crippen LogP contribution in [-0.2, 0) is 14.3 Å². The average Bonchev–Trinajstić information content (AvgIpc) is 2.45. The minimum absolute atomic E-state index is 0.413. The molecule has 0 aliphatic heterocycles. The molecule has 5 nitrogen and oxygen atoms in total. The van der Waals surface area contributed by atoms with E-state index in [0.717, 1.165) is 6.26 Å². The number of ether oxygens (including phenoxy) is 1. The van der Waals surface area contributed by atoms with Gasteiger partial charge < -0.3 is 4.74 Å². The average molecular weight is 303 g/mol. The number of benzene rings is 2. The fraction of sp³-hybridized carbons (Fsp3) is 0.133. The molecule has 0 radical (unpaired) electrons. The molecule has 0 aliphatic carbocycles. The molecule has 0 bridgehead atoms. The Balaban J connectivity index is 2.23. The second kappa shape index (κ2) is 6.39.